The standard InChI is InChI=1S/C16H13ClN2O5/c17-13-7-10(1-6-14(13)24-9-15(21)22)8-18-19-16(23)11-2-4-12(20)5-3-11/h1-8,20H,9H2,(H,19,23)(H,21,22)/b18-8-. The van der Waals surface area contributed by atoms with Crippen molar-refractivity contribution in [3.05, 3.63) is 58.6 Å². The summed E-state index contributed by atoms with van der Waals surface area (Å²) in [4.78, 5) is 22.3. The summed E-state index contributed by atoms with van der Waals surface area (Å²) in [7, 11) is 0. The predicted molar refractivity (Wildman–Crippen MR) is 87.7 cm³/mol. The molecular weight excluding hydrogens is 336 g/mol. The molecule has 0 heterocycles. The third-order valence-corrected chi connectivity index (χ3v) is 3.11. The lowest BCUT2D eigenvalue weighted by atomic mass is 10.2. The molecule has 0 atom stereocenters. The van der Waals surface area contributed by atoms with Crippen molar-refractivity contribution in [1.29, 1.82) is 0 Å². The highest BCUT2D eigenvalue weighted by Gasteiger charge is 2.06. The molecule has 2 aromatic rings. The maximum absolute atomic E-state index is 11.8. The van der Waals surface area contributed by atoms with E-state index in [0.29, 0.717) is 11.1 Å². The van der Waals surface area contributed by atoms with E-state index in [1.165, 1.54) is 42.6 Å². The number of hydrazone groups is 1. The second-order valence-corrected chi connectivity index (χ2v) is 5.03. The number of halogens is 1. The monoisotopic (exact) mass is 348 g/mol. The molecule has 0 aliphatic heterocycles. The zero-order chi connectivity index (χ0) is 17.5. The van der Waals surface area contributed by atoms with Crippen molar-refractivity contribution in [2.75, 3.05) is 6.61 Å². The molecule has 0 aliphatic carbocycles. The number of nitrogens with zero attached hydrogens (tertiary/aromatic N) is 1. The normalized spacial score (nSPS) is 10.5. The number of amides is 1. The second-order valence-electron chi connectivity index (χ2n) is 4.62. The summed E-state index contributed by atoms with van der Waals surface area (Å²) in [6, 6.07) is 10.4. The highest BCUT2D eigenvalue weighted by atomic mass is 35.5. The molecule has 124 valence electrons. The number of benzene rings is 2. The number of aliphatic carboxylic acids is 1. The molecule has 0 saturated heterocycles. The summed E-state index contributed by atoms with van der Waals surface area (Å²) in [5.41, 5.74) is 3.28. The molecule has 2 rings (SSSR count). The summed E-state index contributed by atoms with van der Waals surface area (Å²) in [6.45, 7) is -0.490. The SMILES string of the molecule is O=C(O)COc1ccc(/C=N\NC(=O)c2ccc(O)cc2)cc1Cl. The third-order valence-electron chi connectivity index (χ3n) is 2.82. The Kier molecular flexibility index (Phi) is 5.75. The van der Waals surface area contributed by atoms with Gasteiger partial charge in [-0.1, -0.05) is 11.6 Å². The van der Waals surface area contributed by atoms with Gasteiger partial charge < -0.3 is 14.9 Å². The van der Waals surface area contributed by atoms with Crippen LogP contribution in [0.5, 0.6) is 11.5 Å². The topological polar surface area (TPSA) is 108 Å². The summed E-state index contributed by atoms with van der Waals surface area (Å²) in [5, 5.41) is 21.7. The van der Waals surface area contributed by atoms with Gasteiger partial charge in [-0.05, 0) is 48.0 Å². The van der Waals surface area contributed by atoms with Crippen LogP contribution in [0.2, 0.25) is 5.02 Å². The zero-order valence-electron chi connectivity index (χ0n) is 12.3. The number of carboxylic acid groups (broad SMARTS) is 1. The molecule has 2 aromatic carbocycles. The molecule has 7 nitrogen and oxygen atoms in total. The van der Waals surface area contributed by atoms with Gasteiger partial charge in [0.1, 0.15) is 11.5 Å². The minimum Gasteiger partial charge on any atom is -0.508 e. The molecule has 0 bridgehead atoms. The number of hydrogen-bond donors (Lipinski definition) is 3. The number of hydrogen-bond acceptors (Lipinski definition) is 5. The van der Waals surface area contributed by atoms with Crippen LogP contribution in [0.15, 0.2) is 47.6 Å². The third kappa shape index (κ3) is 4.99. The lowest BCUT2D eigenvalue weighted by Gasteiger charge is -2.05. The van der Waals surface area contributed by atoms with E-state index in [-0.39, 0.29) is 16.5 Å². The molecule has 3 N–H and O–H groups in total. The number of ether oxygens (including phenoxy) is 1. The first-order valence-electron chi connectivity index (χ1n) is 6.72. The first-order chi connectivity index (χ1) is 11.5. The summed E-state index contributed by atoms with van der Waals surface area (Å²) in [5.74, 6) is -1.23. The molecule has 0 spiro atoms. The van der Waals surface area contributed by atoms with Gasteiger partial charge in [-0.2, -0.15) is 5.10 Å². The number of phenolic OH excluding ortho intramolecular Hbond substituents is 1. The van der Waals surface area contributed by atoms with Crippen molar-refractivity contribution in [2.45, 2.75) is 0 Å². The minimum absolute atomic E-state index is 0.0647. The Bertz CT molecular complexity index is 775. The summed E-state index contributed by atoms with van der Waals surface area (Å²) in [6.07, 6.45) is 1.38. The highest BCUT2D eigenvalue weighted by Crippen LogP contribution is 2.24. The fourth-order valence-corrected chi connectivity index (χ4v) is 1.94. The lowest BCUT2D eigenvalue weighted by molar-refractivity contribution is -0.139. The molecule has 0 fully saturated rings. The van der Waals surface area contributed by atoms with Gasteiger partial charge >= 0.3 is 5.97 Å². The Morgan fingerprint density at radius 2 is 1.92 bits per heavy atom. The van der Waals surface area contributed by atoms with E-state index < -0.39 is 18.5 Å². The molecule has 0 aromatic heterocycles. The fraction of sp³-hybridized carbons (Fsp3) is 0.0625. The highest BCUT2D eigenvalue weighted by molar-refractivity contribution is 6.32. The Labute approximate surface area is 142 Å². The van der Waals surface area contributed by atoms with Gasteiger partial charge in [-0.25, -0.2) is 10.2 Å². The van der Waals surface area contributed by atoms with Gasteiger partial charge in [0.15, 0.2) is 6.61 Å². The van der Waals surface area contributed by atoms with E-state index >= 15 is 0 Å². The van der Waals surface area contributed by atoms with Crippen LogP contribution in [-0.4, -0.2) is 34.9 Å². The van der Waals surface area contributed by atoms with Gasteiger partial charge in [-0.15, -0.1) is 0 Å². The van der Waals surface area contributed by atoms with Crippen molar-refractivity contribution in [3.8, 4) is 11.5 Å². The van der Waals surface area contributed by atoms with E-state index in [4.69, 9.17) is 26.6 Å². The maximum Gasteiger partial charge on any atom is 0.341 e. The number of carboxylic acids is 1. The van der Waals surface area contributed by atoms with E-state index in [1.807, 2.05) is 0 Å². The first-order valence-corrected chi connectivity index (χ1v) is 7.10. The van der Waals surface area contributed by atoms with Crippen LogP contribution in [0.4, 0.5) is 0 Å². The smallest absolute Gasteiger partial charge is 0.341 e. The van der Waals surface area contributed by atoms with Crippen LogP contribution < -0.4 is 10.2 Å². The minimum atomic E-state index is -1.10. The van der Waals surface area contributed by atoms with Crippen molar-refractivity contribution in [1.82, 2.24) is 5.43 Å². The van der Waals surface area contributed by atoms with E-state index in [1.54, 1.807) is 6.07 Å². The molecule has 0 unspecified atom stereocenters. The van der Waals surface area contributed by atoms with Gasteiger partial charge in [0.2, 0.25) is 0 Å². The molecular formula is C16H13ClN2O5. The predicted octanol–water partition coefficient (Wildman–Crippen LogP) is 2.27. The Morgan fingerprint density at radius 3 is 2.54 bits per heavy atom. The maximum atomic E-state index is 11.8. The summed E-state index contributed by atoms with van der Waals surface area (Å²) < 4.78 is 5.00. The average molecular weight is 349 g/mol. The number of aromatic hydroxyl groups is 1. The average Bonchev–Trinajstić information content (AvgIpc) is 2.54. The van der Waals surface area contributed by atoms with Gasteiger partial charge in [0.05, 0.1) is 11.2 Å². The number of carbonyl (C=O) groups is 2. The van der Waals surface area contributed by atoms with E-state index in [9.17, 15) is 9.59 Å². The van der Waals surface area contributed by atoms with Gasteiger partial charge in [-0.3, -0.25) is 4.79 Å². The zero-order valence-corrected chi connectivity index (χ0v) is 13.0. The van der Waals surface area contributed by atoms with Crippen LogP contribution in [0.3, 0.4) is 0 Å². The summed E-state index contributed by atoms with van der Waals surface area (Å²) >= 11 is 5.97. The Morgan fingerprint density at radius 1 is 1.21 bits per heavy atom. The van der Waals surface area contributed by atoms with Crippen molar-refractivity contribution < 1.29 is 24.5 Å². The molecule has 8 heteroatoms. The van der Waals surface area contributed by atoms with Crippen molar-refractivity contribution >= 4 is 29.7 Å². The molecule has 0 radical (unpaired) electrons. The number of phenols is 1. The van der Waals surface area contributed by atoms with Crippen molar-refractivity contribution in [2.24, 2.45) is 5.10 Å². The molecule has 0 saturated carbocycles. The van der Waals surface area contributed by atoms with Crippen LogP contribution in [0.1, 0.15) is 15.9 Å². The lowest BCUT2D eigenvalue weighted by Crippen LogP contribution is -2.17. The molecule has 1 amide bonds. The number of rotatable bonds is 6. The molecule has 24 heavy (non-hydrogen) atoms. The van der Waals surface area contributed by atoms with E-state index in [2.05, 4.69) is 10.5 Å². The fourth-order valence-electron chi connectivity index (χ4n) is 1.70. The van der Waals surface area contributed by atoms with Crippen LogP contribution in [0, 0.1) is 0 Å². The number of carbonyl (C=O) groups excluding carboxylic acids is 1. The quantitative estimate of drug-likeness (QED) is 0.548. The number of nitrogens with one attached hydrogen (secondary N) is 1. The largest absolute Gasteiger partial charge is 0.508 e. The van der Waals surface area contributed by atoms with Crippen molar-refractivity contribution in [3.63, 3.8) is 0 Å². The van der Waals surface area contributed by atoms with Crippen LogP contribution in [-0.2, 0) is 4.79 Å². The Balaban J connectivity index is 1.96. The van der Waals surface area contributed by atoms with Crippen LogP contribution in [0.25, 0.3) is 0 Å². The second kappa shape index (κ2) is 7.98. The van der Waals surface area contributed by atoms with Gasteiger partial charge in [0, 0.05) is 5.56 Å². The van der Waals surface area contributed by atoms with Gasteiger partial charge in [0.25, 0.3) is 5.91 Å². The Hall–Kier alpha value is -3.06. The van der Waals surface area contributed by atoms with E-state index in [0.717, 1.165) is 0 Å². The first kappa shape index (κ1) is 17.3. The van der Waals surface area contributed by atoms with Crippen LogP contribution >= 0.6 is 11.6 Å². The molecule has 0 aliphatic rings.